The molecule has 0 radical (unpaired) electrons. The average molecular weight is 274 g/mol. The van der Waals surface area contributed by atoms with Gasteiger partial charge >= 0.3 is 0 Å². The highest BCUT2D eigenvalue weighted by Crippen LogP contribution is 2.28. The van der Waals surface area contributed by atoms with Gasteiger partial charge in [-0.25, -0.2) is 0 Å². The minimum Gasteiger partial charge on any atom is -0.491 e. The minimum absolute atomic E-state index is 0.411. The summed E-state index contributed by atoms with van der Waals surface area (Å²) < 4.78 is 5.84. The molecule has 0 unspecified atom stereocenters. The van der Waals surface area contributed by atoms with E-state index in [0.717, 1.165) is 43.4 Å². The highest BCUT2D eigenvalue weighted by atomic mass is 16.5. The predicted molar refractivity (Wildman–Crippen MR) is 83.9 cm³/mol. The van der Waals surface area contributed by atoms with Crippen LogP contribution in [0.4, 0.5) is 0 Å². The summed E-state index contributed by atoms with van der Waals surface area (Å²) in [6.07, 6.45) is 11.7. The highest BCUT2D eigenvalue weighted by Gasteiger charge is 2.28. The molecule has 0 atom stereocenters. The highest BCUT2D eigenvalue weighted by molar-refractivity contribution is 5.51. The van der Waals surface area contributed by atoms with Gasteiger partial charge < -0.3 is 9.84 Å². The molecule has 0 amide bonds. The van der Waals surface area contributed by atoms with Crippen molar-refractivity contribution in [1.29, 1.82) is 0 Å². The fourth-order valence-electron chi connectivity index (χ4n) is 2.71. The summed E-state index contributed by atoms with van der Waals surface area (Å²) in [6.45, 7) is 2.53. The van der Waals surface area contributed by atoms with E-state index in [4.69, 9.17) is 4.74 Å². The molecule has 0 heterocycles. The van der Waals surface area contributed by atoms with E-state index in [1.165, 1.54) is 12.8 Å². The first kappa shape index (κ1) is 15.1. The Labute approximate surface area is 122 Å². The first-order chi connectivity index (χ1) is 9.72. The van der Waals surface area contributed by atoms with Crippen LogP contribution in [0.1, 0.15) is 57.4 Å². The summed E-state index contributed by atoms with van der Waals surface area (Å²) in [7, 11) is 0. The van der Waals surface area contributed by atoms with Crippen molar-refractivity contribution in [3.05, 3.63) is 35.9 Å². The lowest BCUT2D eigenvalue weighted by atomic mass is 9.96. The molecule has 1 fully saturated rings. The van der Waals surface area contributed by atoms with Crippen LogP contribution in [0.15, 0.2) is 30.3 Å². The Morgan fingerprint density at radius 2 is 1.95 bits per heavy atom. The largest absolute Gasteiger partial charge is 0.491 e. The van der Waals surface area contributed by atoms with E-state index in [2.05, 4.69) is 25.1 Å². The van der Waals surface area contributed by atoms with Crippen LogP contribution in [0.3, 0.4) is 0 Å². The minimum atomic E-state index is -0.633. The van der Waals surface area contributed by atoms with E-state index < -0.39 is 5.60 Å². The van der Waals surface area contributed by atoms with Crippen LogP contribution < -0.4 is 4.74 Å². The first-order valence-electron chi connectivity index (χ1n) is 7.84. The average Bonchev–Trinajstić information content (AvgIpc) is 2.69. The molecule has 0 spiro atoms. The van der Waals surface area contributed by atoms with Crippen molar-refractivity contribution >= 4 is 6.08 Å². The van der Waals surface area contributed by atoms with E-state index in [1.807, 2.05) is 18.2 Å². The Bertz CT molecular complexity index is 429. The topological polar surface area (TPSA) is 29.5 Å². The molecule has 2 heteroatoms. The molecule has 1 aromatic rings. The van der Waals surface area contributed by atoms with Crippen molar-refractivity contribution in [3.63, 3.8) is 0 Å². The van der Waals surface area contributed by atoms with E-state index in [0.29, 0.717) is 6.61 Å². The molecular weight excluding hydrogens is 248 g/mol. The van der Waals surface area contributed by atoms with Gasteiger partial charge in [0.25, 0.3) is 0 Å². The van der Waals surface area contributed by atoms with Crippen LogP contribution in [-0.2, 0) is 0 Å². The van der Waals surface area contributed by atoms with Crippen LogP contribution in [0.5, 0.6) is 5.75 Å². The molecule has 0 bridgehead atoms. The number of aliphatic hydroxyl groups is 1. The molecular formula is C18H26O2. The summed E-state index contributed by atoms with van der Waals surface area (Å²) in [5, 5.41) is 10.6. The van der Waals surface area contributed by atoms with E-state index in [9.17, 15) is 5.11 Å². The van der Waals surface area contributed by atoms with Gasteiger partial charge in [-0.05, 0) is 37.0 Å². The van der Waals surface area contributed by atoms with Gasteiger partial charge in [0, 0.05) is 0 Å². The zero-order chi connectivity index (χ0) is 14.3. The summed E-state index contributed by atoms with van der Waals surface area (Å²) in [5.74, 6) is 0.848. The standard InChI is InChI=1S/C18H26O2/c1-2-3-9-16-10-8-11-17(14-16)20-15-18(19)12-6-4-5-7-13-18/h3,8-11,14,19H,2,4-7,12-13,15H2,1H3/b9-3+. The molecule has 110 valence electrons. The van der Waals surface area contributed by atoms with Crippen LogP contribution in [0.25, 0.3) is 6.08 Å². The van der Waals surface area contributed by atoms with Crippen LogP contribution >= 0.6 is 0 Å². The molecule has 0 aromatic heterocycles. The number of hydrogen-bond acceptors (Lipinski definition) is 2. The third-order valence-electron chi connectivity index (χ3n) is 3.95. The number of rotatable bonds is 5. The van der Waals surface area contributed by atoms with Gasteiger partial charge in [0.1, 0.15) is 12.4 Å². The van der Waals surface area contributed by atoms with Crippen molar-refractivity contribution in [3.8, 4) is 5.75 Å². The zero-order valence-electron chi connectivity index (χ0n) is 12.5. The van der Waals surface area contributed by atoms with Crippen molar-refractivity contribution < 1.29 is 9.84 Å². The van der Waals surface area contributed by atoms with E-state index >= 15 is 0 Å². The Balaban J connectivity index is 1.94. The summed E-state index contributed by atoms with van der Waals surface area (Å²) in [6, 6.07) is 8.07. The molecule has 0 aliphatic heterocycles. The first-order valence-corrected chi connectivity index (χ1v) is 7.84. The number of hydrogen-bond donors (Lipinski definition) is 1. The molecule has 1 aromatic carbocycles. The third-order valence-corrected chi connectivity index (χ3v) is 3.95. The Morgan fingerprint density at radius 1 is 1.20 bits per heavy atom. The van der Waals surface area contributed by atoms with Gasteiger partial charge in [-0.2, -0.15) is 0 Å². The second-order valence-electron chi connectivity index (χ2n) is 5.81. The van der Waals surface area contributed by atoms with Gasteiger partial charge in [-0.3, -0.25) is 0 Å². The fraction of sp³-hybridized carbons (Fsp3) is 0.556. The van der Waals surface area contributed by atoms with Gasteiger partial charge in [0.15, 0.2) is 0 Å². The SMILES string of the molecule is CC/C=C/c1cccc(OCC2(O)CCCCCC2)c1. The summed E-state index contributed by atoms with van der Waals surface area (Å²) in [4.78, 5) is 0. The zero-order valence-corrected chi connectivity index (χ0v) is 12.5. The number of benzene rings is 1. The summed E-state index contributed by atoms with van der Waals surface area (Å²) >= 11 is 0. The fourth-order valence-corrected chi connectivity index (χ4v) is 2.71. The predicted octanol–water partition coefficient (Wildman–Crippen LogP) is 4.57. The van der Waals surface area contributed by atoms with Crippen molar-refractivity contribution in [2.75, 3.05) is 6.61 Å². The maximum atomic E-state index is 10.6. The van der Waals surface area contributed by atoms with Gasteiger partial charge in [0.2, 0.25) is 0 Å². The second-order valence-corrected chi connectivity index (χ2v) is 5.81. The van der Waals surface area contributed by atoms with Gasteiger partial charge in [-0.1, -0.05) is 56.9 Å². The van der Waals surface area contributed by atoms with Crippen LogP contribution in [0, 0.1) is 0 Å². The molecule has 2 rings (SSSR count). The molecule has 2 nitrogen and oxygen atoms in total. The van der Waals surface area contributed by atoms with Crippen molar-refractivity contribution in [1.82, 2.24) is 0 Å². The summed E-state index contributed by atoms with van der Waals surface area (Å²) in [5.41, 5.74) is 0.517. The third kappa shape index (κ3) is 4.68. The van der Waals surface area contributed by atoms with Crippen molar-refractivity contribution in [2.45, 2.75) is 57.5 Å². The Kier molecular flexibility index (Phi) is 5.66. The lowest BCUT2D eigenvalue weighted by Crippen LogP contribution is -2.35. The normalized spacial score (nSPS) is 18.9. The van der Waals surface area contributed by atoms with Gasteiger partial charge in [0.05, 0.1) is 5.60 Å². The maximum absolute atomic E-state index is 10.6. The van der Waals surface area contributed by atoms with Crippen LogP contribution in [-0.4, -0.2) is 17.3 Å². The number of allylic oxidation sites excluding steroid dienone is 1. The van der Waals surface area contributed by atoms with E-state index in [1.54, 1.807) is 0 Å². The molecule has 0 saturated heterocycles. The lowest BCUT2D eigenvalue weighted by Gasteiger charge is -2.26. The second kappa shape index (κ2) is 7.49. The molecule has 1 saturated carbocycles. The van der Waals surface area contributed by atoms with Crippen molar-refractivity contribution in [2.24, 2.45) is 0 Å². The molecule has 1 N–H and O–H groups in total. The monoisotopic (exact) mass is 274 g/mol. The molecule has 1 aliphatic rings. The quantitative estimate of drug-likeness (QED) is 0.797. The van der Waals surface area contributed by atoms with E-state index in [-0.39, 0.29) is 0 Å². The maximum Gasteiger partial charge on any atom is 0.120 e. The molecule has 20 heavy (non-hydrogen) atoms. The molecule has 1 aliphatic carbocycles. The Morgan fingerprint density at radius 3 is 2.65 bits per heavy atom. The van der Waals surface area contributed by atoms with Crippen LogP contribution in [0.2, 0.25) is 0 Å². The van der Waals surface area contributed by atoms with Gasteiger partial charge in [-0.15, -0.1) is 0 Å². The Hall–Kier alpha value is -1.28. The smallest absolute Gasteiger partial charge is 0.120 e. The number of ether oxygens (including phenoxy) is 1. The lowest BCUT2D eigenvalue weighted by molar-refractivity contribution is -0.0173.